The van der Waals surface area contributed by atoms with E-state index in [4.69, 9.17) is 5.73 Å². The van der Waals surface area contributed by atoms with Crippen molar-refractivity contribution in [1.29, 1.82) is 0 Å². The monoisotopic (exact) mass is 219 g/mol. The summed E-state index contributed by atoms with van der Waals surface area (Å²) in [5.41, 5.74) is 7.72. The second kappa shape index (κ2) is 3.87. The molecular weight excluding hydrogens is 194 g/mol. The van der Waals surface area contributed by atoms with E-state index in [1.807, 2.05) is 0 Å². The van der Waals surface area contributed by atoms with E-state index >= 15 is 0 Å². The van der Waals surface area contributed by atoms with Gasteiger partial charge in [0.25, 0.3) is 0 Å². The van der Waals surface area contributed by atoms with Gasteiger partial charge in [0.15, 0.2) is 0 Å². The molecule has 4 saturated carbocycles. The standard InChI is InChI=1S/C15H25N/c1-11(2-3-16)7-15-8-12-4-13(9-15)6-14(5-12)10-15/h12-14H,1-10,16H2. The maximum atomic E-state index is 5.64. The minimum Gasteiger partial charge on any atom is -0.330 e. The summed E-state index contributed by atoms with van der Waals surface area (Å²) in [6, 6.07) is 0. The Morgan fingerprint density at radius 3 is 2.00 bits per heavy atom. The Hall–Kier alpha value is -0.300. The molecule has 0 amide bonds. The van der Waals surface area contributed by atoms with Crippen LogP contribution in [-0.4, -0.2) is 6.54 Å². The average Bonchev–Trinajstić information content (AvgIpc) is 2.13. The van der Waals surface area contributed by atoms with Gasteiger partial charge in [-0.05, 0) is 81.1 Å². The molecule has 0 aromatic rings. The third-order valence-electron chi connectivity index (χ3n) is 5.29. The lowest BCUT2D eigenvalue weighted by Gasteiger charge is -2.57. The van der Waals surface area contributed by atoms with Gasteiger partial charge in [-0.2, -0.15) is 0 Å². The van der Waals surface area contributed by atoms with Gasteiger partial charge in [0.2, 0.25) is 0 Å². The van der Waals surface area contributed by atoms with Gasteiger partial charge in [-0.3, -0.25) is 0 Å². The van der Waals surface area contributed by atoms with E-state index in [0.29, 0.717) is 5.41 Å². The fourth-order valence-electron chi connectivity index (χ4n) is 5.33. The average molecular weight is 219 g/mol. The lowest BCUT2D eigenvalue weighted by molar-refractivity contribution is -0.0523. The summed E-state index contributed by atoms with van der Waals surface area (Å²) in [6.45, 7) is 5.02. The topological polar surface area (TPSA) is 26.0 Å². The molecule has 0 radical (unpaired) electrons. The van der Waals surface area contributed by atoms with Crippen LogP contribution in [0.15, 0.2) is 12.2 Å². The molecule has 4 aliphatic rings. The molecular formula is C15H25N. The number of hydrogen-bond acceptors (Lipinski definition) is 1. The van der Waals surface area contributed by atoms with E-state index < -0.39 is 0 Å². The molecule has 4 fully saturated rings. The Bertz CT molecular complexity index is 257. The molecule has 2 N–H and O–H groups in total. The van der Waals surface area contributed by atoms with Gasteiger partial charge in [0, 0.05) is 0 Å². The summed E-state index contributed by atoms with van der Waals surface area (Å²) in [5.74, 6) is 3.20. The van der Waals surface area contributed by atoms with Crippen molar-refractivity contribution in [3.63, 3.8) is 0 Å². The summed E-state index contributed by atoms with van der Waals surface area (Å²) >= 11 is 0. The van der Waals surface area contributed by atoms with E-state index in [-0.39, 0.29) is 0 Å². The molecule has 1 heteroatoms. The predicted octanol–water partition coefficient (Wildman–Crippen LogP) is 3.50. The van der Waals surface area contributed by atoms with Gasteiger partial charge in [0.05, 0.1) is 0 Å². The van der Waals surface area contributed by atoms with Gasteiger partial charge in [-0.25, -0.2) is 0 Å². The van der Waals surface area contributed by atoms with Crippen molar-refractivity contribution in [2.24, 2.45) is 28.9 Å². The first kappa shape index (κ1) is 10.8. The number of rotatable bonds is 4. The third kappa shape index (κ3) is 1.84. The first-order chi connectivity index (χ1) is 7.69. The summed E-state index contributed by atoms with van der Waals surface area (Å²) in [4.78, 5) is 0. The zero-order valence-corrected chi connectivity index (χ0v) is 10.4. The molecule has 0 aromatic carbocycles. The van der Waals surface area contributed by atoms with Crippen molar-refractivity contribution in [2.45, 2.75) is 51.4 Å². The van der Waals surface area contributed by atoms with Crippen LogP contribution in [-0.2, 0) is 0 Å². The fraction of sp³-hybridized carbons (Fsp3) is 0.867. The highest BCUT2D eigenvalue weighted by atomic mass is 14.6. The van der Waals surface area contributed by atoms with E-state index in [2.05, 4.69) is 6.58 Å². The summed E-state index contributed by atoms with van der Waals surface area (Å²) in [6.07, 6.45) is 11.5. The van der Waals surface area contributed by atoms with Crippen molar-refractivity contribution in [3.8, 4) is 0 Å². The highest BCUT2D eigenvalue weighted by Gasteiger charge is 2.50. The molecule has 1 nitrogen and oxygen atoms in total. The lowest BCUT2D eigenvalue weighted by atomic mass is 9.48. The highest BCUT2D eigenvalue weighted by molar-refractivity contribution is 5.08. The van der Waals surface area contributed by atoms with Crippen molar-refractivity contribution in [2.75, 3.05) is 6.54 Å². The molecule has 0 heterocycles. The molecule has 0 aliphatic heterocycles. The van der Waals surface area contributed by atoms with Crippen molar-refractivity contribution in [1.82, 2.24) is 0 Å². The molecule has 90 valence electrons. The minimum atomic E-state index is 0.668. The Balaban J connectivity index is 1.71. The van der Waals surface area contributed by atoms with E-state index in [0.717, 1.165) is 30.7 Å². The molecule has 4 aliphatic carbocycles. The zero-order chi connectivity index (χ0) is 11.2. The largest absolute Gasteiger partial charge is 0.330 e. The van der Waals surface area contributed by atoms with Gasteiger partial charge in [-0.15, -0.1) is 0 Å². The SMILES string of the molecule is C=C(CCN)CC12CC3CC(CC(C3)C1)C2. The summed E-state index contributed by atoms with van der Waals surface area (Å²) in [5, 5.41) is 0. The fourth-order valence-corrected chi connectivity index (χ4v) is 5.33. The van der Waals surface area contributed by atoms with E-state index in [9.17, 15) is 0 Å². The molecule has 0 saturated heterocycles. The maximum Gasteiger partial charge on any atom is -0.00400 e. The Kier molecular flexibility index (Phi) is 2.62. The summed E-state index contributed by atoms with van der Waals surface area (Å²) < 4.78 is 0. The third-order valence-corrected chi connectivity index (χ3v) is 5.29. The van der Waals surface area contributed by atoms with Crippen LogP contribution in [0, 0.1) is 23.2 Å². The van der Waals surface area contributed by atoms with Crippen LogP contribution in [0.5, 0.6) is 0 Å². The molecule has 0 atom stereocenters. The van der Waals surface area contributed by atoms with Crippen LogP contribution in [0.2, 0.25) is 0 Å². The normalized spacial score (nSPS) is 44.9. The van der Waals surface area contributed by atoms with Crippen LogP contribution in [0.3, 0.4) is 0 Å². The Morgan fingerprint density at radius 2 is 1.56 bits per heavy atom. The quantitative estimate of drug-likeness (QED) is 0.720. The Labute approximate surface area is 99.5 Å². The van der Waals surface area contributed by atoms with Gasteiger partial charge in [0.1, 0.15) is 0 Å². The number of hydrogen-bond donors (Lipinski definition) is 1. The smallest absolute Gasteiger partial charge is 0.00400 e. The second-order valence-corrected chi connectivity index (χ2v) is 6.88. The molecule has 0 spiro atoms. The van der Waals surface area contributed by atoms with Crippen LogP contribution in [0.25, 0.3) is 0 Å². The summed E-state index contributed by atoms with van der Waals surface area (Å²) in [7, 11) is 0. The highest BCUT2D eigenvalue weighted by Crippen LogP contribution is 2.61. The Morgan fingerprint density at radius 1 is 1.06 bits per heavy atom. The zero-order valence-electron chi connectivity index (χ0n) is 10.4. The molecule has 0 aromatic heterocycles. The number of nitrogens with two attached hydrogens (primary N) is 1. The molecule has 4 rings (SSSR count). The molecule has 16 heavy (non-hydrogen) atoms. The van der Waals surface area contributed by atoms with Crippen LogP contribution in [0.1, 0.15) is 51.4 Å². The van der Waals surface area contributed by atoms with E-state index in [1.165, 1.54) is 31.3 Å². The van der Waals surface area contributed by atoms with Crippen molar-refractivity contribution >= 4 is 0 Å². The predicted molar refractivity (Wildman–Crippen MR) is 68.0 cm³/mol. The lowest BCUT2D eigenvalue weighted by Crippen LogP contribution is -2.46. The van der Waals surface area contributed by atoms with Crippen LogP contribution in [0.4, 0.5) is 0 Å². The van der Waals surface area contributed by atoms with Crippen molar-refractivity contribution in [3.05, 3.63) is 12.2 Å². The van der Waals surface area contributed by atoms with Gasteiger partial charge >= 0.3 is 0 Å². The molecule has 0 unspecified atom stereocenters. The molecule has 4 bridgehead atoms. The van der Waals surface area contributed by atoms with Gasteiger partial charge < -0.3 is 5.73 Å². The van der Waals surface area contributed by atoms with E-state index in [1.54, 1.807) is 19.3 Å². The minimum absolute atomic E-state index is 0.668. The van der Waals surface area contributed by atoms with Crippen LogP contribution >= 0.6 is 0 Å². The first-order valence-electron chi connectivity index (χ1n) is 7.06. The van der Waals surface area contributed by atoms with Crippen molar-refractivity contribution < 1.29 is 0 Å². The second-order valence-electron chi connectivity index (χ2n) is 6.88. The van der Waals surface area contributed by atoms with Crippen LogP contribution < -0.4 is 5.73 Å². The van der Waals surface area contributed by atoms with Gasteiger partial charge in [-0.1, -0.05) is 12.2 Å². The first-order valence-corrected chi connectivity index (χ1v) is 7.06. The maximum absolute atomic E-state index is 5.64.